The van der Waals surface area contributed by atoms with Crippen molar-refractivity contribution in [1.29, 1.82) is 0 Å². The van der Waals surface area contributed by atoms with Crippen LogP contribution in [-0.4, -0.2) is 44.0 Å². The first kappa shape index (κ1) is 18.3. The first-order chi connectivity index (χ1) is 11.4. The number of benzene rings is 1. The van der Waals surface area contributed by atoms with E-state index in [1.54, 1.807) is 32.1 Å². The second kappa shape index (κ2) is 7.67. The first-order valence-electron chi connectivity index (χ1n) is 7.34. The van der Waals surface area contributed by atoms with Gasteiger partial charge in [0.25, 0.3) is 5.91 Å². The van der Waals surface area contributed by atoms with Crippen LogP contribution in [0.5, 0.6) is 11.5 Å². The van der Waals surface area contributed by atoms with Crippen LogP contribution in [0, 0.1) is 0 Å². The number of thioether (sulfide) groups is 1. The fourth-order valence-electron chi connectivity index (χ4n) is 2.26. The Morgan fingerprint density at radius 3 is 2.75 bits per heavy atom. The van der Waals surface area contributed by atoms with Crippen molar-refractivity contribution >= 4 is 46.3 Å². The lowest BCUT2D eigenvalue weighted by Crippen LogP contribution is -2.43. The predicted octanol–water partition coefficient (Wildman–Crippen LogP) is 2.86. The van der Waals surface area contributed by atoms with Crippen molar-refractivity contribution in [2.45, 2.75) is 26.3 Å². The zero-order chi connectivity index (χ0) is 17.9. The van der Waals surface area contributed by atoms with Gasteiger partial charge in [0, 0.05) is 0 Å². The summed E-state index contributed by atoms with van der Waals surface area (Å²) >= 11 is 6.22. The molecule has 1 fully saturated rings. The molecule has 1 aromatic rings. The molecule has 1 aliphatic heterocycles. The Morgan fingerprint density at radius 2 is 2.17 bits per heavy atom. The molecule has 6 nitrogen and oxygen atoms in total. The minimum absolute atomic E-state index is 0.0125. The highest BCUT2D eigenvalue weighted by molar-refractivity contribution is 8.26. The first-order valence-corrected chi connectivity index (χ1v) is 8.57. The Bertz CT molecular complexity index is 716. The second-order valence-electron chi connectivity index (χ2n) is 4.97. The van der Waals surface area contributed by atoms with Gasteiger partial charge in [0.1, 0.15) is 10.4 Å². The SMILES string of the molecule is CCOc1cc(/C=C2/SC(=S)N(C(CC)C(=O)O)C2=O)ccc1O. The number of carboxylic acid groups (broad SMARTS) is 1. The van der Waals surface area contributed by atoms with Gasteiger partial charge >= 0.3 is 5.97 Å². The molecule has 0 aromatic heterocycles. The second-order valence-corrected chi connectivity index (χ2v) is 6.65. The van der Waals surface area contributed by atoms with Gasteiger partial charge in [0.05, 0.1) is 11.5 Å². The summed E-state index contributed by atoms with van der Waals surface area (Å²) in [5.74, 6) is -1.18. The summed E-state index contributed by atoms with van der Waals surface area (Å²) in [6, 6.07) is 3.75. The average Bonchev–Trinajstić information content (AvgIpc) is 2.79. The van der Waals surface area contributed by atoms with E-state index >= 15 is 0 Å². The molecule has 0 saturated carbocycles. The molecule has 0 spiro atoms. The smallest absolute Gasteiger partial charge is 0.326 e. The van der Waals surface area contributed by atoms with E-state index in [1.165, 1.54) is 6.07 Å². The molecule has 8 heteroatoms. The highest BCUT2D eigenvalue weighted by Gasteiger charge is 2.39. The van der Waals surface area contributed by atoms with Crippen LogP contribution < -0.4 is 4.74 Å². The summed E-state index contributed by atoms with van der Waals surface area (Å²) in [5, 5.41) is 19.0. The number of carbonyl (C=O) groups is 2. The Hall–Kier alpha value is -2.06. The molecule has 128 valence electrons. The van der Waals surface area contributed by atoms with Gasteiger partial charge in [-0.3, -0.25) is 9.69 Å². The molecule has 2 N–H and O–H groups in total. The fourth-order valence-corrected chi connectivity index (χ4v) is 3.62. The largest absolute Gasteiger partial charge is 0.504 e. The number of aliphatic carboxylic acids is 1. The van der Waals surface area contributed by atoms with Crippen LogP contribution in [0.3, 0.4) is 0 Å². The summed E-state index contributed by atoms with van der Waals surface area (Å²) in [5.41, 5.74) is 0.653. The topological polar surface area (TPSA) is 87.1 Å². The van der Waals surface area contributed by atoms with Crippen molar-refractivity contribution in [3.63, 3.8) is 0 Å². The molecule has 1 unspecified atom stereocenters. The number of thiocarbonyl (C=S) groups is 1. The molecular formula is C16H17NO5S2. The number of hydrogen-bond acceptors (Lipinski definition) is 6. The number of carboxylic acids is 1. The van der Waals surface area contributed by atoms with E-state index in [2.05, 4.69) is 0 Å². The van der Waals surface area contributed by atoms with Crippen molar-refractivity contribution in [3.05, 3.63) is 28.7 Å². The zero-order valence-electron chi connectivity index (χ0n) is 13.2. The molecular weight excluding hydrogens is 350 g/mol. The van der Waals surface area contributed by atoms with Crippen molar-refractivity contribution in [2.75, 3.05) is 6.61 Å². The molecule has 1 atom stereocenters. The van der Waals surface area contributed by atoms with E-state index < -0.39 is 17.9 Å². The van der Waals surface area contributed by atoms with E-state index in [-0.39, 0.29) is 16.5 Å². The molecule has 0 bridgehead atoms. The predicted molar refractivity (Wildman–Crippen MR) is 96.0 cm³/mol. The molecule has 2 rings (SSSR count). The van der Waals surface area contributed by atoms with Gasteiger partial charge in [0.2, 0.25) is 0 Å². The van der Waals surface area contributed by atoms with Crippen molar-refractivity contribution < 1.29 is 24.5 Å². The van der Waals surface area contributed by atoms with Gasteiger partial charge in [0.15, 0.2) is 11.5 Å². The van der Waals surface area contributed by atoms with Crippen LogP contribution >= 0.6 is 24.0 Å². The van der Waals surface area contributed by atoms with Crippen LogP contribution in [0.25, 0.3) is 6.08 Å². The number of phenolic OH excluding ortho intramolecular Hbond substituents is 1. The van der Waals surface area contributed by atoms with Gasteiger partial charge < -0.3 is 14.9 Å². The summed E-state index contributed by atoms with van der Waals surface area (Å²) in [6.45, 7) is 3.89. The summed E-state index contributed by atoms with van der Waals surface area (Å²) in [7, 11) is 0. The quantitative estimate of drug-likeness (QED) is 0.590. The van der Waals surface area contributed by atoms with E-state index in [1.807, 2.05) is 0 Å². The number of hydrogen-bond donors (Lipinski definition) is 2. The van der Waals surface area contributed by atoms with Crippen LogP contribution in [0.4, 0.5) is 0 Å². The average molecular weight is 367 g/mol. The molecule has 1 aromatic carbocycles. The van der Waals surface area contributed by atoms with Gasteiger partial charge in [-0.25, -0.2) is 4.79 Å². The lowest BCUT2D eigenvalue weighted by Gasteiger charge is -2.21. The maximum absolute atomic E-state index is 12.5. The van der Waals surface area contributed by atoms with Crippen LogP contribution in [0.2, 0.25) is 0 Å². The Labute approximate surface area is 149 Å². The Kier molecular flexibility index (Phi) is 5.84. The summed E-state index contributed by atoms with van der Waals surface area (Å²) < 4.78 is 5.54. The number of aromatic hydroxyl groups is 1. The van der Waals surface area contributed by atoms with Crippen LogP contribution in [0.15, 0.2) is 23.1 Å². The number of carbonyl (C=O) groups excluding carboxylic acids is 1. The van der Waals surface area contributed by atoms with Gasteiger partial charge in [-0.1, -0.05) is 37.0 Å². The highest BCUT2D eigenvalue weighted by Crippen LogP contribution is 2.36. The third-order valence-corrected chi connectivity index (χ3v) is 4.72. The molecule has 1 heterocycles. The monoisotopic (exact) mass is 367 g/mol. The maximum Gasteiger partial charge on any atom is 0.326 e. The molecule has 24 heavy (non-hydrogen) atoms. The number of phenols is 1. The normalized spacial score (nSPS) is 17.4. The third kappa shape index (κ3) is 3.70. The standard InChI is InChI=1S/C16H17NO5S2/c1-3-10(15(20)21)17-14(19)13(24-16(17)23)8-9-5-6-11(18)12(7-9)22-4-2/h5-8,10,18H,3-4H2,1-2H3,(H,20,21)/b13-8+. The summed E-state index contributed by atoms with van der Waals surface area (Å²) in [4.78, 5) is 25.3. The lowest BCUT2D eigenvalue weighted by molar-refractivity contribution is -0.145. The van der Waals surface area contributed by atoms with Gasteiger partial charge in [-0.05, 0) is 37.1 Å². The molecule has 1 amide bonds. The number of ether oxygens (including phenoxy) is 1. The highest BCUT2D eigenvalue weighted by atomic mass is 32.2. The maximum atomic E-state index is 12.5. The van der Waals surface area contributed by atoms with E-state index in [0.29, 0.717) is 22.8 Å². The molecule has 1 saturated heterocycles. The van der Waals surface area contributed by atoms with E-state index in [9.17, 15) is 19.8 Å². The number of nitrogens with zero attached hydrogens (tertiary/aromatic N) is 1. The van der Waals surface area contributed by atoms with Gasteiger partial charge in [-0.15, -0.1) is 0 Å². The third-order valence-electron chi connectivity index (χ3n) is 3.39. The molecule has 0 aliphatic carbocycles. The van der Waals surface area contributed by atoms with E-state index in [0.717, 1.165) is 16.7 Å². The summed E-state index contributed by atoms with van der Waals surface area (Å²) in [6.07, 6.45) is 1.87. The minimum atomic E-state index is -1.08. The molecule has 1 aliphatic rings. The van der Waals surface area contributed by atoms with Crippen molar-refractivity contribution in [2.24, 2.45) is 0 Å². The number of amides is 1. The van der Waals surface area contributed by atoms with Gasteiger partial charge in [-0.2, -0.15) is 0 Å². The van der Waals surface area contributed by atoms with E-state index in [4.69, 9.17) is 17.0 Å². The zero-order valence-corrected chi connectivity index (χ0v) is 14.8. The Morgan fingerprint density at radius 1 is 1.46 bits per heavy atom. The lowest BCUT2D eigenvalue weighted by atomic mass is 10.1. The van der Waals surface area contributed by atoms with Crippen molar-refractivity contribution in [1.82, 2.24) is 4.90 Å². The van der Waals surface area contributed by atoms with Crippen molar-refractivity contribution in [3.8, 4) is 11.5 Å². The fraction of sp³-hybridized carbons (Fsp3) is 0.312. The van der Waals surface area contributed by atoms with Crippen LogP contribution in [-0.2, 0) is 9.59 Å². The number of rotatable bonds is 6. The van der Waals surface area contributed by atoms with Crippen LogP contribution in [0.1, 0.15) is 25.8 Å². The minimum Gasteiger partial charge on any atom is -0.504 e. The Balaban J connectivity index is 2.32. The molecule has 0 radical (unpaired) electrons.